The summed E-state index contributed by atoms with van der Waals surface area (Å²) in [7, 11) is 0. The lowest BCUT2D eigenvalue weighted by atomic mass is 10.2. The molecule has 21 heavy (non-hydrogen) atoms. The second-order valence-electron chi connectivity index (χ2n) is 4.62. The van der Waals surface area contributed by atoms with Crippen molar-refractivity contribution in [3.8, 4) is 0 Å². The average Bonchev–Trinajstić information content (AvgIpc) is 2.49. The summed E-state index contributed by atoms with van der Waals surface area (Å²) in [6.07, 6.45) is 2.36. The number of hydrogen-bond acceptors (Lipinski definition) is 4. The van der Waals surface area contributed by atoms with Gasteiger partial charge in [-0.05, 0) is 30.9 Å². The van der Waals surface area contributed by atoms with Crippen LogP contribution in [0.15, 0.2) is 30.3 Å². The molecule has 2 N–H and O–H groups in total. The van der Waals surface area contributed by atoms with Gasteiger partial charge in [0.15, 0.2) is 0 Å². The molecule has 6 heteroatoms. The summed E-state index contributed by atoms with van der Waals surface area (Å²) in [5, 5.41) is 11.4. The van der Waals surface area contributed by atoms with Crippen molar-refractivity contribution < 1.29 is 14.7 Å². The first-order valence-corrected chi connectivity index (χ1v) is 9.16. The highest BCUT2D eigenvalue weighted by Gasteiger charge is 2.22. The molecule has 1 aromatic rings. The molecule has 0 aliphatic heterocycles. The van der Waals surface area contributed by atoms with Crippen LogP contribution in [-0.2, 0) is 15.3 Å². The molecule has 2 atom stereocenters. The van der Waals surface area contributed by atoms with E-state index in [2.05, 4.69) is 5.32 Å². The van der Waals surface area contributed by atoms with Crippen molar-refractivity contribution in [1.82, 2.24) is 5.32 Å². The third kappa shape index (κ3) is 6.91. The van der Waals surface area contributed by atoms with Gasteiger partial charge in [0.25, 0.3) is 0 Å². The van der Waals surface area contributed by atoms with Crippen molar-refractivity contribution in [2.75, 3.05) is 12.0 Å². The van der Waals surface area contributed by atoms with Crippen molar-refractivity contribution in [2.24, 2.45) is 0 Å². The molecule has 0 saturated heterocycles. The topological polar surface area (TPSA) is 66.4 Å². The van der Waals surface area contributed by atoms with Crippen LogP contribution in [0.5, 0.6) is 0 Å². The molecular formula is C15H21NO3S2. The van der Waals surface area contributed by atoms with Crippen LogP contribution in [0.3, 0.4) is 0 Å². The van der Waals surface area contributed by atoms with Crippen molar-refractivity contribution >= 4 is 35.4 Å². The minimum absolute atomic E-state index is 0.218. The summed E-state index contributed by atoms with van der Waals surface area (Å²) in [6, 6.07) is 9.09. The maximum atomic E-state index is 12.0. The molecule has 0 heterocycles. The summed E-state index contributed by atoms with van der Waals surface area (Å²) in [5.74, 6) is 0.253. The molecule has 0 spiro atoms. The van der Waals surface area contributed by atoms with Crippen molar-refractivity contribution in [1.29, 1.82) is 0 Å². The molecule has 1 aromatic carbocycles. The first-order chi connectivity index (χ1) is 10.0. The summed E-state index contributed by atoms with van der Waals surface area (Å²) in [6.45, 7) is 1.80. The lowest BCUT2D eigenvalue weighted by molar-refractivity contribution is -0.141. The van der Waals surface area contributed by atoms with Crippen LogP contribution in [0.4, 0.5) is 0 Å². The molecule has 1 amide bonds. The Balaban J connectivity index is 2.43. The van der Waals surface area contributed by atoms with Crippen LogP contribution >= 0.6 is 23.5 Å². The predicted molar refractivity (Wildman–Crippen MR) is 89.8 cm³/mol. The summed E-state index contributed by atoms with van der Waals surface area (Å²) in [4.78, 5) is 23.2. The number of carboxylic acid groups (broad SMARTS) is 1. The fourth-order valence-corrected chi connectivity index (χ4v) is 2.98. The lowest BCUT2D eigenvalue weighted by Gasteiger charge is -2.17. The number of carboxylic acids is 1. The van der Waals surface area contributed by atoms with Gasteiger partial charge in [0.1, 0.15) is 6.04 Å². The first-order valence-electron chi connectivity index (χ1n) is 6.72. The fraction of sp³-hybridized carbons (Fsp3) is 0.467. The Bertz CT molecular complexity index is 453. The number of nitrogens with one attached hydrogen (secondary N) is 1. The number of rotatable bonds is 9. The maximum absolute atomic E-state index is 12.0. The Morgan fingerprint density at radius 2 is 1.95 bits per heavy atom. The quantitative estimate of drug-likeness (QED) is 0.730. The van der Waals surface area contributed by atoms with Crippen LogP contribution in [0, 0.1) is 0 Å². The van der Waals surface area contributed by atoms with Gasteiger partial charge in [-0.1, -0.05) is 30.3 Å². The zero-order valence-electron chi connectivity index (χ0n) is 12.2. The van der Waals surface area contributed by atoms with E-state index in [1.165, 1.54) is 11.8 Å². The SMILES string of the molecule is CSCC[C@H](NC(=O)C(C)SCc1ccccc1)C(=O)O. The zero-order chi connectivity index (χ0) is 15.7. The van der Waals surface area contributed by atoms with Gasteiger partial charge in [-0.2, -0.15) is 11.8 Å². The molecule has 116 valence electrons. The fourth-order valence-electron chi connectivity index (χ4n) is 1.65. The predicted octanol–water partition coefficient (Wildman–Crippen LogP) is 2.63. The van der Waals surface area contributed by atoms with E-state index in [9.17, 15) is 9.59 Å². The Labute approximate surface area is 134 Å². The normalized spacial score (nSPS) is 13.4. The van der Waals surface area contributed by atoms with Gasteiger partial charge in [-0.3, -0.25) is 4.79 Å². The van der Waals surface area contributed by atoms with Crippen LogP contribution in [0.2, 0.25) is 0 Å². The highest BCUT2D eigenvalue weighted by Crippen LogP contribution is 2.17. The van der Waals surface area contributed by atoms with Crippen LogP contribution in [0.25, 0.3) is 0 Å². The van der Waals surface area contributed by atoms with Crippen molar-refractivity contribution in [3.63, 3.8) is 0 Å². The minimum Gasteiger partial charge on any atom is -0.480 e. The number of carbonyl (C=O) groups is 2. The van der Waals surface area contributed by atoms with Gasteiger partial charge in [0, 0.05) is 5.75 Å². The van der Waals surface area contributed by atoms with Gasteiger partial charge in [0.05, 0.1) is 5.25 Å². The van der Waals surface area contributed by atoms with Gasteiger partial charge < -0.3 is 10.4 Å². The van der Waals surface area contributed by atoms with Gasteiger partial charge in [-0.25, -0.2) is 4.79 Å². The summed E-state index contributed by atoms with van der Waals surface area (Å²) >= 11 is 3.08. The van der Waals surface area contributed by atoms with Crippen molar-refractivity contribution in [2.45, 2.75) is 30.4 Å². The smallest absolute Gasteiger partial charge is 0.326 e. The largest absolute Gasteiger partial charge is 0.480 e. The van der Waals surface area contributed by atoms with Crippen molar-refractivity contribution in [3.05, 3.63) is 35.9 Å². The highest BCUT2D eigenvalue weighted by atomic mass is 32.2. The molecule has 0 aliphatic rings. The number of carbonyl (C=O) groups excluding carboxylic acids is 1. The molecule has 0 aromatic heterocycles. The second kappa shape index (κ2) is 9.73. The molecule has 0 radical (unpaired) electrons. The molecule has 1 rings (SSSR count). The summed E-state index contributed by atoms with van der Waals surface area (Å²) in [5.41, 5.74) is 1.15. The minimum atomic E-state index is -0.974. The van der Waals surface area contributed by atoms with Gasteiger partial charge in [-0.15, -0.1) is 11.8 Å². The molecule has 1 unspecified atom stereocenters. The van der Waals surface area contributed by atoms with E-state index in [4.69, 9.17) is 5.11 Å². The number of aliphatic carboxylic acids is 1. The highest BCUT2D eigenvalue weighted by molar-refractivity contribution is 7.99. The third-order valence-electron chi connectivity index (χ3n) is 2.94. The van der Waals surface area contributed by atoms with E-state index >= 15 is 0 Å². The summed E-state index contributed by atoms with van der Waals surface area (Å²) < 4.78 is 0. The van der Waals surface area contributed by atoms with E-state index in [1.54, 1.807) is 18.7 Å². The van der Waals surface area contributed by atoms with E-state index < -0.39 is 12.0 Å². The Kier molecular flexibility index (Phi) is 8.30. The standard InChI is InChI=1S/C15H21NO3S2/c1-11(21-10-12-6-4-3-5-7-12)14(17)16-13(15(18)19)8-9-20-2/h3-7,11,13H,8-10H2,1-2H3,(H,16,17)(H,18,19)/t11?,13-/m0/s1. The molecule has 0 saturated carbocycles. The second-order valence-corrected chi connectivity index (χ2v) is 6.93. The zero-order valence-corrected chi connectivity index (χ0v) is 13.9. The average molecular weight is 327 g/mol. The number of amides is 1. The number of benzene rings is 1. The number of hydrogen-bond donors (Lipinski definition) is 2. The van der Waals surface area contributed by atoms with E-state index in [1.807, 2.05) is 36.6 Å². The Hall–Kier alpha value is -1.14. The molecule has 0 fully saturated rings. The van der Waals surface area contributed by atoms with E-state index in [0.29, 0.717) is 12.2 Å². The van der Waals surface area contributed by atoms with E-state index in [-0.39, 0.29) is 11.2 Å². The third-order valence-corrected chi connectivity index (χ3v) is 4.80. The Morgan fingerprint density at radius 1 is 1.29 bits per heavy atom. The van der Waals surface area contributed by atoms with Crippen LogP contribution in [0.1, 0.15) is 18.9 Å². The maximum Gasteiger partial charge on any atom is 0.326 e. The van der Waals surface area contributed by atoms with Crippen LogP contribution in [-0.4, -0.2) is 40.3 Å². The lowest BCUT2D eigenvalue weighted by Crippen LogP contribution is -2.44. The molecule has 4 nitrogen and oxygen atoms in total. The first kappa shape index (κ1) is 17.9. The van der Waals surface area contributed by atoms with Gasteiger partial charge in [0.2, 0.25) is 5.91 Å². The van der Waals surface area contributed by atoms with E-state index in [0.717, 1.165) is 11.3 Å². The Morgan fingerprint density at radius 3 is 2.52 bits per heavy atom. The monoisotopic (exact) mass is 327 g/mol. The molecular weight excluding hydrogens is 306 g/mol. The molecule has 0 aliphatic carbocycles. The van der Waals surface area contributed by atoms with Gasteiger partial charge >= 0.3 is 5.97 Å². The number of thioether (sulfide) groups is 2. The molecule has 0 bridgehead atoms. The van der Waals surface area contributed by atoms with Crippen LogP contribution < -0.4 is 5.32 Å².